The van der Waals surface area contributed by atoms with Crippen LogP contribution < -0.4 is 20.9 Å². The summed E-state index contributed by atoms with van der Waals surface area (Å²) in [5.74, 6) is -1.46. The lowest BCUT2D eigenvalue weighted by molar-refractivity contribution is -0.189. The molecule has 6 aromatic rings. The average Bonchev–Trinajstić information content (AvgIpc) is 3.12. The topological polar surface area (TPSA) is 123 Å². The molecule has 0 amide bonds. The van der Waals surface area contributed by atoms with Gasteiger partial charge in [-0.1, -0.05) is 120 Å². The Hall–Kier alpha value is -5.12. The number of esters is 2. The predicted molar refractivity (Wildman–Crippen MR) is 195 cm³/mol. The fourth-order valence-corrected chi connectivity index (χ4v) is 6.08. The van der Waals surface area contributed by atoms with Gasteiger partial charge in [0.1, 0.15) is 11.5 Å². The van der Waals surface area contributed by atoms with E-state index in [0.717, 1.165) is 21.5 Å². The minimum Gasteiger partial charge on any atom is -0.493 e. The molecule has 2 unspecified atom stereocenters. The number of rotatable bonds is 12. The first-order valence-electron chi connectivity index (χ1n) is 15.9. The van der Waals surface area contributed by atoms with Crippen LogP contribution in [0.2, 0.25) is 10.0 Å². The van der Waals surface area contributed by atoms with Gasteiger partial charge >= 0.3 is 11.9 Å². The highest BCUT2D eigenvalue weighted by atomic mass is 35.5. The molecule has 8 nitrogen and oxygen atoms in total. The fraction of sp³-hybridized carbons (Fsp3) is 0.150. The van der Waals surface area contributed by atoms with Gasteiger partial charge in [0.2, 0.25) is 0 Å². The standard InChI is InChI=1S/C40H34Cl2N2O6/c41-31-15-7-13-29(25-31)39(43,21-23-47-35-19-5-11-27-9-1-3-17-33(27)35)49-37(45)38(46)50-40(44,30-14-8-16-32(42)26-30)22-24-48-36-20-6-12-28-10-2-4-18-34(28)36/h1-20,25-26H,21-24,43-44H2. The molecular formula is C40H34Cl2N2O6. The zero-order chi connectivity index (χ0) is 35.1. The van der Waals surface area contributed by atoms with E-state index in [1.54, 1.807) is 48.5 Å². The Labute approximate surface area is 299 Å². The smallest absolute Gasteiger partial charge is 0.419 e. The summed E-state index contributed by atoms with van der Waals surface area (Å²) in [6, 6.07) is 40.0. The number of hydrogen-bond donors (Lipinski definition) is 2. The first-order chi connectivity index (χ1) is 24.1. The van der Waals surface area contributed by atoms with Gasteiger partial charge in [0.25, 0.3) is 0 Å². The lowest BCUT2D eigenvalue weighted by Crippen LogP contribution is -2.48. The van der Waals surface area contributed by atoms with Crippen LogP contribution in [0.3, 0.4) is 0 Å². The second kappa shape index (κ2) is 15.2. The molecule has 0 heterocycles. The van der Waals surface area contributed by atoms with Gasteiger partial charge in [0.05, 0.1) is 13.2 Å². The number of carbonyl (C=O) groups excluding carboxylic acids is 2. The van der Waals surface area contributed by atoms with Crippen molar-refractivity contribution < 1.29 is 28.5 Å². The third-order valence-electron chi connectivity index (χ3n) is 8.30. The van der Waals surface area contributed by atoms with Crippen LogP contribution in [0.25, 0.3) is 21.5 Å². The van der Waals surface area contributed by atoms with Gasteiger partial charge in [-0.15, -0.1) is 0 Å². The Kier molecular flexibility index (Phi) is 10.6. The van der Waals surface area contributed by atoms with Crippen molar-refractivity contribution in [2.45, 2.75) is 24.3 Å². The van der Waals surface area contributed by atoms with Gasteiger partial charge in [0, 0.05) is 44.8 Å². The summed E-state index contributed by atoms with van der Waals surface area (Å²) in [6.45, 7) is 0.0718. The highest BCUT2D eigenvalue weighted by Gasteiger charge is 2.40. The summed E-state index contributed by atoms with van der Waals surface area (Å²) < 4.78 is 23.6. The highest BCUT2D eigenvalue weighted by molar-refractivity contribution is 6.31. The Morgan fingerprint density at radius 2 is 0.900 bits per heavy atom. The summed E-state index contributed by atoms with van der Waals surface area (Å²) in [4.78, 5) is 27.0. The van der Waals surface area contributed by atoms with Crippen molar-refractivity contribution >= 4 is 56.7 Å². The molecule has 0 fully saturated rings. The molecule has 6 aromatic carbocycles. The van der Waals surface area contributed by atoms with Crippen molar-refractivity contribution in [3.63, 3.8) is 0 Å². The van der Waals surface area contributed by atoms with Crippen molar-refractivity contribution in [1.29, 1.82) is 0 Å². The van der Waals surface area contributed by atoms with E-state index in [0.29, 0.717) is 32.7 Å². The van der Waals surface area contributed by atoms with Crippen LogP contribution >= 0.6 is 23.2 Å². The van der Waals surface area contributed by atoms with Crippen LogP contribution in [-0.4, -0.2) is 25.2 Å². The molecule has 2 atom stereocenters. The van der Waals surface area contributed by atoms with E-state index in [1.165, 1.54) is 0 Å². The molecule has 0 saturated heterocycles. The van der Waals surface area contributed by atoms with Crippen LogP contribution in [0.4, 0.5) is 0 Å². The second-order valence-corrected chi connectivity index (χ2v) is 12.6. The maximum absolute atomic E-state index is 13.5. The van der Waals surface area contributed by atoms with E-state index >= 15 is 0 Å². The maximum atomic E-state index is 13.5. The zero-order valence-corrected chi connectivity index (χ0v) is 28.4. The highest BCUT2D eigenvalue weighted by Crippen LogP contribution is 2.32. The Morgan fingerprint density at radius 1 is 0.520 bits per heavy atom. The summed E-state index contributed by atoms with van der Waals surface area (Å²) >= 11 is 12.6. The maximum Gasteiger partial charge on any atom is 0.419 e. The van der Waals surface area contributed by atoms with Gasteiger partial charge in [-0.2, -0.15) is 0 Å². The molecule has 0 aliphatic rings. The molecule has 4 N–H and O–H groups in total. The summed E-state index contributed by atoms with van der Waals surface area (Å²) in [5.41, 5.74) is 10.5. The molecule has 0 aromatic heterocycles. The molecule has 254 valence electrons. The number of benzene rings is 6. The summed E-state index contributed by atoms with van der Waals surface area (Å²) in [6.07, 6.45) is -0.0625. The number of hydrogen-bond acceptors (Lipinski definition) is 8. The van der Waals surface area contributed by atoms with Crippen LogP contribution in [0.15, 0.2) is 133 Å². The van der Waals surface area contributed by atoms with E-state index in [2.05, 4.69) is 0 Å². The van der Waals surface area contributed by atoms with Crippen LogP contribution in [0, 0.1) is 0 Å². The van der Waals surface area contributed by atoms with Crippen LogP contribution in [0.1, 0.15) is 24.0 Å². The van der Waals surface area contributed by atoms with E-state index < -0.39 is 23.4 Å². The average molecular weight is 710 g/mol. The molecule has 0 saturated carbocycles. The van der Waals surface area contributed by atoms with Gasteiger partial charge in [-0.05, 0) is 47.2 Å². The molecule has 6 rings (SSSR count). The lowest BCUT2D eigenvalue weighted by atomic mass is 10.00. The predicted octanol–water partition coefficient (Wildman–Crippen LogP) is 8.25. The first-order valence-corrected chi connectivity index (χ1v) is 16.7. The minimum atomic E-state index is -1.82. The third-order valence-corrected chi connectivity index (χ3v) is 8.77. The normalized spacial score (nSPS) is 13.6. The zero-order valence-electron chi connectivity index (χ0n) is 26.9. The third kappa shape index (κ3) is 8.01. The molecule has 0 aliphatic carbocycles. The van der Waals surface area contributed by atoms with E-state index in [-0.39, 0.29) is 26.1 Å². The fourth-order valence-electron chi connectivity index (χ4n) is 5.69. The van der Waals surface area contributed by atoms with Crippen molar-refractivity contribution in [2.75, 3.05) is 13.2 Å². The number of halogens is 2. The van der Waals surface area contributed by atoms with Crippen molar-refractivity contribution in [3.8, 4) is 11.5 Å². The van der Waals surface area contributed by atoms with Gasteiger partial charge in [0.15, 0.2) is 11.4 Å². The molecule has 0 radical (unpaired) electrons. The van der Waals surface area contributed by atoms with E-state index in [1.807, 2.05) is 84.9 Å². The van der Waals surface area contributed by atoms with Gasteiger partial charge in [-0.3, -0.25) is 11.5 Å². The quantitative estimate of drug-likeness (QED) is 0.0740. The molecule has 10 heteroatoms. The number of nitrogens with two attached hydrogens (primary N) is 2. The van der Waals surface area contributed by atoms with Crippen LogP contribution in [-0.2, 0) is 30.5 Å². The largest absolute Gasteiger partial charge is 0.493 e. The molecule has 50 heavy (non-hydrogen) atoms. The van der Waals surface area contributed by atoms with Gasteiger partial charge in [-0.25, -0.2) is 9.59 Å². The lowest BCUT2D eigenvalue weighted by Gasteiger charge is -2.32. The van der Waals surface area contributed by atoms with E-state index in [4.69, 9.17) is 53.6 Å². The molecule has 0 spiro atoms. The second-order valence-electron chi connectivity index (χ2n) is 11.7. The number of carbonyl (C=O) groups is 2. The van der Waals surface area contributed by atoms with Crippen molar-refractivity contribution in [1.82, 2.24) is 0 Å². The Morgan fingerprint density at radius 3 is 1.32 bits per heavy atom. The monoisotopic (exact) mass is 708 g/mol. The number of ether oxygens (including phenoxy) is 4. The van der Waals surface area contributed by atoms with Crippen molar-refractivity contribution in [3.05, 3.63) is 155 Å². The van der Waals surface area contributed by atoms with E-state index in [9.17, 15) is 9.59 Å². The molecule has 0 bridgehead atoms. The summed E-state index contributed by atoms with van der Waals surface area (Å²) in [5, 5.41) is 4.54. The van der Waals surface area contributed by atoms with Crippen LogP contribution in [0.5, 0.6) is 11.5 Å². The van der Waals surface area contributed by atoms with Crippen molar-refractivity contribution in [2.24, 2.45) is 11.5 Å². The first kappa shape index (κ1) is 34.7. The Bertz CT molecular complexity index is 2000. The summed E-state index contributed by atoms with van der Waals surface area (Å²) in [7, 11) is 0. The number of fused-ring (bicyclic) bond motifs is 2. The van der Waals surface area contributed by atoms with Gasteiger partial charge < -0.3 is 18.9 Å². The minimum absolute atomic E-state index is 0.0312. The Balaban J connectivity index is 1.20. The molecular weight excluding hydrogens is 675 g/mol. The molecule has 0 aliphatic heterocycles. The SMILES string of the molecule is NC(CCOc1cccc2ccccc12)(OC(=O)C(=O)OC(N)(CCOc1cccc2ccccc12)c1cccc(Cl)c1)c1cccc(Cl)c1.